The first kappa shape index (κ1) is 12.3. The molecule has 1 aromatic heterocycles. The molecule has 2 rings (SSSR count). The van der Waals surface area contributed by atoms with Crippen molar-refractivity contribution in [1.82, 2.24) is 9.97 Å². The zero-order chi connectivity index (χ0) is 12.1. The molecule has 94 valence electrons. The molecule has 1 fully saturated rings. The second kappa shape index (κ2) is 5.94. The highest BCUT2D eigenvalue weighted by molar-refractivity contribution is 5.31. The minimum absolute atomic E-state index is 0.478. The second-order valence-corrected chi connectivity index (χ2v) is 5.07. The van der Waals surface area contributed by atoms with E-state index in [0.717, 1.165) is 24.8 Å². The third-order valence-corrected chi connectivity index (χ3v) is 3.63. The van der Waals surface area contributed by atoms with E-state index >= 15 is 0 Å². The summed E-state index contributed by atoms with van der Waals surface area (Å²) in [4.78, 5) is 7.40. The van der Waals surface area contributed by atoms with Gasteiger partial charge in [0.15, 0.2) is 0 Å². The van der Waals surface area contributed by atoms with Crippen molar-refractivity contribution < 1.29 is 4.39 Å². The lowest BCUT2D eigenvalue weighted by atomic mass is 9.81. The van der Waals surface area contributed by atoms with Crippen LogP contribution in [-0.4, -0.2) is 16.5 Å². The van der Waals surface area contributed by atoms with Gasteiger partial charge in [0.1, 0.15) is 12.1 Å². The average Bonchev–Trinajstić information content (AvgIpc) is 2.32. The van der Waals surface area contributed by atoms with E-state index in [1.165, 1.54) is 38.1 Å². The van der Waals surface area contributed by atoms with Gasteiger partial charge in [0.25, 0.3) is 0 Å². The van der Waals surface area contributed by atoms with Crippen LogP contribution in [0.5, 0.6) is 0 Å². The number of nitrogens with zero attached hydrogens (tertiary/aromatic N) is 2. The number of hydrogen-bond acceptors (Lipinski definition) is 3. The number of nitrogens with one attached hydrogen (secondary N) is 1. The van der Waals surface area contributed by atoms with Gasteiger partial charge in [-0.1, -0.05) is 32.6 Å². The molecular formula is C13H20FN3. The van der Waals surface area contributed by atoms with E-state index in [2.05, 4.69) is 22.2 Å². The Morgan fingerprint density at radius 3 is 2.76 bits per heavy atom. The van der Waals surface area contributed by atoms with Gasteiger partial charge in [-0.3, -0.25) is 0 Å². The Kier molecular flexibility index (Phi) is 4.29. The summed E-state index contributed by atoms with van der Waals surface area (Å²) >= 11 is 0. The molecule has 1 saturated carbocycles. The predicted octanol–water partition coefficient (Wildman–Crippen LogP) is 3.24. The van der Waals surface area contributed by atoms with Crippen LogP contribution < -0.4 is 5.32 Å². The normalized spacial score (nSPS) is 24.6. The molecule has 0 saturated heterocycles. The molecule has 4 heteroatoms. The van der Waals surface area contributed by atoms with Crippen LogP contribution in [0.1, 0.15) is 39.0 Å². The lowest BCUT2D eigenvalue weighted by molar-refractivity contribution is 0.282. The summed E-state index contributed by atoms with van der Waals surface area (Å²) in [5.41, 5.74) is 0. The van der Waals surface area contributed by atoms with Crippen molar-refractivity contribution in [2.75, 3.05) is 11.9 Å². The fourth-order valence-electron chi connectivity index (χ4n) is 2.45. The molecule has 0 bridgehead atoms. The van der Waals surface area contributed by atoms with Gasteiger partial charge >= 0.3 is 0 Å². The molecule has 0 amide bonds. The first-order valence-corrected chi connectivity index (χ1v) is 6.45. The zero-order valence-electron chi connectivity index (χ0n) is 10.3. The maximum Gasteiger partial charge on any atom is 0.217 e. The quantitative estimate of drug-likeness (QED) is 0.817. The van der Waals surface area contributed by atoms with Crippen molar-refractivity contribution in [2.24, 2.45) is 11.8 Å². The van der Waals surface area contributed by atoms with Crippen LogP contribution in [0, 0.1) is 17.8 Å². The monoisotopic (exact) mass is 237 g/mol. The molecule has 0 aromatic carbocycles. The van der Waals surface area contributed by atoms with Gasteiger partial charge in [0, 0.05) is 12.6 Å². The standard InChI is InChI=1S/C13H20FN3/c1-10-2-4-11(5-3-10)6-7-15-13-8-12(14)16-9-17-13/h8-11H,2-7H2,1H3,(H,15,16,17). The van der Waals surface area contributed by atoms with Gasteiger partial charge in [-0.2, -0.15) is 4.39 Å². The molecule has 1 N–H and O–H groups in total. The molecule has 17 heavy (non-hydrogen) atoms. The summed E-state index contributed by atoms with van der Waals surface area (Å²) < 4.78 is 12.8. The molecule has 0 unspecified atom stereocenters. The molecule has 0 aliphatic heterocycles. The number of halogens is 1. The Morgan fingerprint density at radius 2 is 2.06 bits per heavy atom. The summed E-state index contributed by atoms with van der Waals surface area (Å²) in [6, 6.07) is 1.34. The summed E-state index contributed by atoms with van der Waals surface area (Å²) in [5, 5.41) is 3.15. The van der Waals surface area contributed by atoms with Crippen LogP contribution in [-0.2, 0) is 0 Å². The van der Waals surface area contributed by atoms with E-state index in [1.54, 1.807) is 0 Å². The molecule has 0 spiro atoms. The molecular weight excluding hydrogens is 217 g/mol. The highest BCUT2D eigenvalue weighted by Crippen LogP contribution is 2.30. The average molecular weight is 237 g/mol. The van der Waals surface area contributed by atoms with Gasteiger partial charge in [-0.25, -0.2) is 9.97 Å². The topological polar surface area (TPSA) is 37.8 Å². The van der Waals surface area contributed by atoms with Gasteiger partial charge in [-0.05, 0) is 18.3 Å². The number of anilines is 1. The van der Waals surface area contributed by atoms with Gasteiger partial charge < -0.3 is 5.32 Å². The van der Waals surface area contributed by atoms with Crippen molar-refractivity contribution in [1.29, 1.82) is 0 Å². The molecule has 3 nitrogen and oxygen atoms in total. The first-order chi connectivity index (χ1) is 8.24. The van der Waals surface area contributed by atoms with E-state index < -0.39 is 5.95 Å². The zero-order valence-corrected chi connectivity index (χ0v) is 10.3. The van der Waals surface area contributed by atoms with E-state index in [4.69, 9.17) is 0 Å². The Hall–Kier alpha value is -1.19. The Labute approximate surface area is 102 Å². The molecule has 1 aliphatic carbocycles. The third-order valence-electron chi connectivity index (χ3n) is 3.63. The van der Waals surface area contributed by atoms with Gasteiger partial charge in [0.05, 0.1) is 0 Å². The smallest absolute Gasteiger partial charge is 0.217 e. The van der Waals surface area contributed by atoms with Crippen molar-refractivity contribution >= 4 is 5.82 Å². The molecule has 0 atom stereocenters. The molecule has 0 radical (unpaired) electrons. The minimum atomic E-state index is -0.478. The van der Waals surface area contributed by atoms with E-state index in [0.29, 0.717) is 5.82 Å². The Bertz CT molecular complexity index is 348. The summed E-state index contributed by atoms with van der Waals surface area (Å²) in [6.45, 7) is 3.20. The van der Waals surface area contributed by atoms with Crippen LogP contribution >= 0.6 is 0 Å². The van der Waals surface area contributed by atoms with Crippen LogP contribution in [0.2, 0.25) is 0 Å². The lowest BCUT2D eigenvalue weighted by Crippen LogP contribution is -2.16. The van der Waals surface area contributed by atoms with Gasteiger partial charge in [0.2, 0.25) is 5.95 Å². The number of aromatic nitrogens is 2. The van der Waals surface area contributed by atoms with Gasteiger partial charge in [-0.15, -0.1) is 0 Å². The number of rotatable bonds is 4. The first-order valence-electron chi connectivity index (χ1n) is 6.45. The van der Waals surface area contributed by atoms with Crippen LogP contribution in [0.3, 0.4) is 0 Å². The fraction of sp³-hybridized carbons (Fsp3) is 0.692. The third kappa shape index (κ3) is 3.95. The summed E-state index contributed by atoms with van der Waals surface area (Å²) in [5.74, 6) is 1.83. The maximum atomic E-state index is 12.8. The van der Waals surface area contributed by atoms with Crippen molar-refractivity contribution in [3.8, 4) is 0 Å². The van der Waals surface area contributed by atoms with E-state index in [1.807, 2.05) is 0 Å². The van der Waals surface area contributed by atoms with Crippen molar-refractivity contribution in [3.63, 3.8) is 0 Å². The summed E-state index contributed by atoms with van der Waals surface area (Å²) in [7, 11) is 0. The van der Waals surface area contributed by atoms with Crippen LogP contribution in [0.4, 0.5) is 10.2 Å². The SMILES string of the molecule is CC1CCC(CCNc2cc(F)ncn2)CC1. The largest absolute Gasteiger partial charge is 0.370 e. The second-order valence-electron chi connectivity index (χ2n) is 5.07. The Balaban J connectivity index is 1.69. The van der Waals surface area contributed by atoms with E-state index in [-0.39, 0.29) is 0 Å². The predicted molar refractivity (Wildman–Crippen MR) is 66.2 cm³/mol. The van der Waals surface area contributed by atoms with Crippen molar-refractivity contribution in [2.45, 2.75) is 39.0 Å². The molecule has 1 aliphatic rings. The summed E-state index contributed by atoms with van der Waals surface area (Å²) in [6.07, 6.45) is 7.78. The lowest BCUT2D eigenvalue weighted by Gasteiger charge is -2.26. The van der Waals surface area contributed by atoms with Crippen molar-refractivity contribution in [3.05, 3.63) is 18.3 Å². The highest BCUT2D eigenvalue weighted by Gasteiger charge is 2.17. The van der Waals surface area contributed by atoms with Crippen LogP contribution in [0.15, 0.2) is 12.4 Å². The Morgan fingerprint density at radius 1 is 1.29 bits per heavy atom. The molecule has 1 heterocycles. The minimum Gasteiger partial charge on any atom is -0.370 e. The fourth-order valence-corrected chi connectivity index (χ4v) is 2.45. The maximum absolute atomic E-state index is 12.8. The van der Waals surface area contributed by atoms with Crippen LogP contribution in [0.25, 0.3) is 0 Å². The van der Waals surface area contributed by atoms with E-state index in [9.17, 15) is 4.39 Å². The highest BCUT2D eigenvalue weighted by atomic mass is 19.1. The number of hydrogen-bond donors (Lipinski definition) is 1. The molecule has 1 aromatic rings.